The molecule has 0 radical (unpaired) electrons. The highest BCUT2D eigenvalue weighted by molar-refractivity contribution is 5.21. The SMILES string of the molecule is CCC(C)(N)C(O)OC1(C2(C)C=CC=CC2)CCCCC1. The molecule has 2 rings (SSSR count). The van der Waals surface area contributed by atoms with Gasteiger partial charge in [0.15, 0.2) is 6.29 Å². The summed E-state index contributed by atoms with van der Waals surface area (Å²) in [5.41, 5.74) is 5.14. The van der Waals surface area contributed by atoms with Gasteiger partial charge in [0.2, 0.25) is 0 Å². The molecule has 0 saturated heterocycles. The first-order chi connectivity index (χ1) is 9.85. The summed E-state index contributed by atoms with van der Waals surface area (Å²) in [6.45, 7) is 6.11. The molecule has 0 aromatic carbocycles. The van der Waals surface area contributed by atoms with Crippen molar-refractivity contribution in [2.24, 2.45) is 11.1 Å². The van der Waals surface area contributed by atoms with E-state index >= 15 is 0 Å². The van der Waals surface area contributed by atoms with Crippen molar-refractivity contribution < 1.29 is 9.84 Å². The fraction of sp³-hybridized carbons (Fsp3) is 0.778. The van der Waals surface area contributed by atoms with Crippen LogP contribution < -0.4 is 5.73 Å². The number of aliphatic hydroxyl groups excluding tert-OH is 1. The Morgan fingerprint density at radius 3 is 2.48 bits per heavy atom. The van der Waals surface area contributed by atoms with Gasteiger partial charge in [-0.3, -0.25) is 0 Å². The number of allylic oxidation sites excluding steroid dienone is 3. The Labute approximate surface area is 129 Å². The summed E-state index contributed by atoms with van der Waals surface area (Å²) < 4.78 is 6.32. The predicted molar refractivity (Wildman–Crippen MR) is 86.8 cm³/mol. The van der Waals surface area contributed by atoms with Crippen LogP contribution in [0, 0.1) is 5.41 Å². The maximum Gasteiger partial charge on any atom is 0.173 e. The molecule has 3 unspecified atom stereocenters. The van der Waals surface area contributed by atoms with Gasteiger partial charge in [-0.05, 0) is 32.6 Å². The topological polar surface area (TPSA) is 55.5 Å². The van der Waals surface area contributed by atoms with Crippen LogP contribution in [0.1, 0.15) is 65.7 Å². The van der Waals surface area contributed by atoms with Crippen LogP contribution in [0.3, 0.4) is 0 Å². The first kappa shape index (κ1) is 16.7. The van der Waals surface area contributed by atoms with Gasteiger partial charge in [0, 0.05) is 5.41 Å². The van der Waals surface area contributed by atoms with Crippen molar-refractivity contribution >= 4 is 0 Å². The lowest BCUT2D eigenvalue weighted by Crippen LogP contribution is -2.57. The number of aliphatic hydroxyl groups is 1. The molecule has 0 spiro atoms. The first-order valence-electron chi connectivity index (χ1n) is 8.34. The minimum atomic E-state index is -0.920. The van der Waals surface area contributed by atoms with E-state index in [9.17, 15) is 5.11 Å². The van der Waals surface area contributed by atoms with Gasteiger partial charge in [-0.1, -0.05) is 57.4 Å². The van der Waals surface area contributed by atoms with Gasteiger partial charge in [0.25, 0.3) is 0 Å². The molecule has 120 valence electrons. The highest BCUT2D eigenvalue weighted by Crippen LogP contribution is 2.50. The number of rotatable bonds is 5. The van der Waals surface area contributed by atoms with Gasteiger partial charge in [0.05, 0.1) is 11.1 Å². The fourth-order valence-corrected chi connectivity index (χ4v) is 3.53. The van der Waals surface area contributed by atoms with E-state index in [1.165, 1.54) is 6.42 Å². The normalized spacial score (nSPS) is 32.6. The van der Waals surface area contributed by atoms with E-state index in [-0.39, 0.29) is 11.0 Å². The summed E-state index contributed by atoms with van der Waals surface area (Å²) in [5, 5.41) is 10.6. The molecule has 2 aliphatic carbocycles. The Morgan fingerprint density at radius 1 is 1.29 bits per heavy atom. The third-order valence-electron chi connectivity index (χ3n) is 5.62. The molecule has 1 saturated carbocycles. The van der Waals surface area contributed by atoms with Crippen LogP contribution in [0.5, 0.6) is 0 Å². The first-order valence-corrected chi connectivity index (χ1v) is 8.34. The highest BCUT2D eigenvalue weighted by atomic mass is 16.6. The van der Waals surface area contributed by atoms with Crippen LogP contribution in [0.15, 0.2) is 24.3 Å². The number of nitrogens with two attached hydrogens (primary N) is 1. The molecule has 21 heavy (non-hydrogen) atoms. The van der Waals surface area contributed by atoms with Crippen molar-refractivity contribution in [3.8, 4) is 0 Å². The molecule has 3 nitrogen and oxygen atoms in total. The number of hydrogen-bond acceptors (Lipinski definition) is 3. The van der Waals surface area contributed by atoms with Crippen LogP contribution in [-0.4, -0.2) is 22.5 Å². The van der Waals surface area contributed by atoms with E-state index in [4.69, 9.17) is 10.5 Å². The van der Waals surface area contributed by atoms with E-state index in [0.717, 1.165) is 32.1 Å². The molecule has 3 heteroatoms. The number of ether oxygens (including phenoxy) is 1. The molecule has 0 amide bonds. The van der Waals surface area contributed by atoms with E-state index < -0.39 is 11.8 Å². The molecule has 3 N–H and O–H groups in total. The van der Waals surface area contributed by atoms with Crippen LogP contribution in [0.25, 0.3) is 0 Å². The number of hydrogen-bond donors (Lipinski definition) is 2. The van der Waals surface area contributed by atoms with E-state index in [1.54, 1.807) is 0 Å². The Balaban J connectivity index is 2.25. The maximum atomic E-state index is 10.6. The summed E-state index contributed by atoms with van der Waals surface area (Å²) in [6, 6.07) is 0. The van der Waals surface area contributed by atoms with Gasteiger partial charge in [-0.15, -0.1) is 0 Å². The Hall–Kier alpha value is -0.640. The minimum Gasteiger partial charge on any atom is -0.366 e. The van der Waals surface area contributed by atoms with E-state index in [0.29, 0.717) is 6.42 Å². The third-order valence-corrected chi connectivity index (χ3v) is 5.62. The third kappa shape index (κ3) is 3.25. The minimum absolute atomic E-state index is 0.0625. The van der Waals surface area contributed by atoms with E-state index in [1.807, 2.05) is 13.8 Å². The molecule has 0 heterocycles. The van der Waals surface area contributed by atoms with Crippen LogP contribution in [0.4, 0.5) is 0 Å². The van der Waals surface area contributed by atoms with Gasteiger partial charge in [-0.25, -0.2) is 0 Å². The quantitative estimate of drug-likeness (QED) is 0.760. The van der Waals surface area contributed by atoms with Crippen molar-refractivity contribution in [3.05, 3.63) is 24.3 Å². The van der Waals surface area contributed by atoms with Crippen molar-refractivity contribution in [2.45, 2.75) is 83.1 Å². The molecular weight excluding hydrogens is 262 g/mol. The second kappa shape index (κ2) is 6.23. The lowest BCUT2D eigenvalue weighted by Gasteiger charge is -2.52. The summed E-state index contributed by atoms with van der Waals surface area (Å²) in [4.78, 5) is 0. The standard InChI is InChI=1S/C18H31NO2/c1-4-17(3,19)15(20)21-18(13-9-6-10-14-18)16(2)11-7-5-8-12-16/h5,7-8,11,15,20H,4,6,9-10,12-14,19H2,1-3H3. The lowest BCUT2D eigenvalue weighted by atomic mass is 9.63. The van der Waals surface area contributed by atoms with Crippen LogP contribution >= 0.6 is 0 Å². The molecule has 0 bridgehead atoms. The molecule has 0 aromatic rings. The van der Waals surface area contributed by atoms with Gasteiger partial charge in [-0.2, -0.15) is 0 Å². The zero-order valence-electron chi connectivity index (χ0n) is 13.8. The van der Waals surface area contributed by atoms with Crippen molar-refractivity contribution in [1.82, 2.24) is 0 Å². The molecular formula is C18H31NO2. The Kier molecular flexibility index (Phi) is 4.96. The Morgan fingerprint density at radius 2 is 1.95 bits per heavy atom. The van der Waals surface area contributed by atoms with Gasteiger partial charge >= 0.3 is 0 Å². The summed E-state index contributed by atoms with van der Waals surface area (Å²) in [5.74, 6) is 0. The molecule has 0 aliphatic heterocycles. The van der Waals surface area contributed by atoms with E-state index in [2.05, 4.69) is 31.2 Å². The lowest BCUT2D eigenvalue weighted by molar-refractivity contribution is -0.251. The largest absolute Gasteiger partial charge is 0.366 e. The molecule has 1 fully saturated rings. The highest BCUT2D eigenvalue weighted by Gasteiger charge is 2.50. The van der Waals surface area contributed by atoms with Gasteiger partial charge in [0.1, 0.15) is 0 Å². The molecule has 3 atom stereocenters. The second-order valence-electron chi connectivity index (χ2n) is 7.29. The van der Waals surface area contributed by atoms with Crippen molar-refractivity contribution in [2.75, 3.05) is 0 Å². The molecule has 0 aromatic heterocycles. The average Bonchev–Trinajstić information content (AvgIpc) is 2.48. The fourth-order valence-electron chi connectivity index (χ4n) is 3.53. The average molecular weight is 293 g/mol. The van der Waals surface area contributed by atoms with Crippen LogP contribution in [-0.2, 0) is 4.74 Å². The van der Waals surface area contributed by atoms with Crippen molar-refractivity contribution in [3.63, 3.8) is 0 Å². The van der Waals surface area contributed by atoms with Crippen LogP contribution in [0.2, 0.25) is 0 Å². The summed E-state index contributed by atoms with van der Waals surface area (Å²) >= 11 is 0. The van der Waals surface area contributed by atoms with Gasteiger partial charge < -0.3 is 15.6 Å². The Bertz CT molecular complexity index is 407. The zero-order chi connectivity index (χ0) is 15.6. The smallest absolute Gasteiger partial charge is 0.173 e. The predicted octanol–water partition coefficient (Wildman–Crippen LogP) is 3.67. The summed E-state index contributed by atoms with van der Waals surface area (Å²) in [6.07, 6.45) is 15.0. The monoisotopic (exact) mass is 293 g/mol. The summed E-state index contributed by atoms with van der Waals surface area (Å²) in [7, 11) is 0. The second-order valence-corrected chi connectivity index (χ2v) is 7.29. The maximum absolute atomic E-state index is 10.6. The van der Waals surface area contributed by atoms with Crippen molar-refractivity contribution in [1.29, 1.82) is 0 Å². The zero-order valence-corrected chi connectivity index (χ0v) is 13.8. The molecule has 2 aliphatic rings.